The van der Waals surface area contributed by atoms with Crippen LogP contribution in [0.15, 0.2) is 48.5 Å². The zero-order chi connectivity index (χ0) is 14.4. The Balaban J connectivity index is 2.07. The van der Waals surface area contributed by atoms with Crippen molar-refractivity contribution in [2.45, 2.75) is 20.4 Å². The van der Waals surface area contributed by atoms with Gasteiger partial charge in [0.15, 0.2) is 0 Å². The molecular weight excluding hydrogens is 248 g/mol. The average Bonchev–Trinajstić information content (AvgIpc) is 2.47. The van der Waals surface area contributed by atoms with Crippen LogP contribution in [0.4, 0.5) is 5.69 Å². The molecule has 0 saturated carbocycles. The number of anilines is 1. The van der Waals surface area contributed by atoms with Gasteiger partial charge in [-0.05, 0) is 37.1 Å². The highest BCUT2D eigenvalue weighted by Crippen LogP contribution is 2.15. The van der Waals surface area contributed by atoms with Crippen molar-refractivity contribution in [1.29, 1.82) is 0 Å². The van der Waals surface area contributed by atoms with Crippen molar-refractivity contribution in [1.82, 2.24) is 5.32 Å². The molecular formula is C17H20N2O. The van der Waals surface area contributed by atoms with E-state index in [4.69, 9.17) is 0 Å². The van der Waals surface area contributed by atoms with Gasteiger partial charge in [-0.2, -0.15) is 0 Å². The molecule has 0 aromatic heterocycles. The lowest BCUT2D eigenvalue weighted by Gasteiger charge is -2.12. The molecule has 0 fully saturated rings. The number of rotatable bonds is 5. The third kappa shape index (κ3) is 3.38. The third-order valence-electron chi connectivity index (χ3n) is 3.24. The normalized spacial score (nSPS) is 10.1. The molecule has 3 heteroatoms. The fraction of sp³-hybridized carbons (Fsp3) is 0.235. The minimum Gasteiger partial charge on any atom is -0.385 e. The van der Waals surface area contributed by atoms with E-state index < -0.39 is 0 Å². The fourth-order valence-electron chi connectivity index (χ4n) is 2.10. The first kappa shape index (κ1) is 14.1. The fourth-order valence-corrected chi connectivity index (χ4v) is 2.10. The molecule has 0 heterocycles. The van der Waals surface area contributed by atoms with Crippen LogP contribution in [0.1, 0.15) is 28.4 Å². The molecule has 0 atom stereocenters. The Morgan fingerprint density at radius 1 is 1.05 bits per heavy atom. The summed E-state index contributed by atoms with van der Waals surface area (Å²) in [7, 11) is 0. The Hall–Kier alpha value is -2.29. The number of carbonyl (C=O) groups is 1. The first-order chi connectivity index (χ1) is 9.72. The van der Waals surface area contributed by atoms with Crippen molar-refractivity contribution in [3.05, 3.63) is 65.2 Å². The summed E-state index contributed by atoms with van der Waals surface area (Å²) in [5.74, 6) is -0.0511. The number of para-hydroxylation sites is 1. The molecule has 1 amide bonds. The second-order valence-electron chi connectivity index (χ2n) is 4.69. The quantitative estimate of drug-likeness (QED) is 0.873. The zero-order valence-electron chi connectivity index (χ0n) is 11.9. The van der Waals surface area contributed by atoms with Gasteiger partial charge in [0, 0.05) is 18.8 Å². The maximum Gasteiger partial charge on any atom is 0.253 e. The first-order valence-corrected chi connectivity index (χ1v) is 6.88. The van der Waals surface area contributed by atoms with E-state index in [0.717, 1.165) is 17.8 Å². The van der Waals surface area contributed by atoms with Crippen molar-refractivity contribution in [3.63, 3.8) is 0 Å². The molecule has 0 aliphatic carbocycles. The zero-order valence-corrected chi connectivity index (χ0v) is 11.9. The molecule has 0 aliphatic rings. The summed E-state index contributed by atoms with van der Waals surface area (Å²) in [6, 6.07) is 15.6. The van der Waals surface area contributed by atoms with Gasteiger partial charge in [0.2, 0.25) is 0 Å². The van der Waals surface area contributed by atoms with Crippen LogP contribution < -0.4 is 10.6 Å². The highest BCUT2D eigenvalue weighted by molar-refractivity contribution is 5.99. The number of nitrogens with one attached hydrogen (secondary N) is 2. The smallest absolute Gasteiger partial charge is 0.253 e. The summed E-state index contributed by atoms with van der Waals surface area (Å²) in [6.07, 6.45) is 0. The molecule has 0 aliphatic heterocycles. The van der Waals surface area contributed by atoms with E-state index in [9.17, 15) is 4.79 Å². The number of aryl methyl sites for hydroxylation is 1. The van der Waals surface area contributed by atoms with E-state index in [1.165, 1.54) is 5.56 Å². The van der Waals surface area contributed by atoms with E-state index in [1.54, 1.807) is 0 Å². The second kappa shape index (κ2) is 6.75. The topological polar surface area (TPSA) is 41.1 Å². The number of amides is 1. The maximum atomic E-state index is 12.3. The van der Waals surface area contributed by atoms with Gasteiger partial charge in [0.05, 0.1) is 5.56 Å². The molecule has 0 unspecified atom stereocenters. The Morgan fingerprint density at radius 3 is 2.50 bits per heavy atom. The highest BCUT2D eigenvalue weighted by Gasteiger charge is 2.10. The van der Waals surface area contributed by atoms with Crippen molar-refractivity contribution in [3.8, 4) is 0 Å². The predicted octanol–water partition coefficient (Wildman–Crippen LogP) is 3.36. The van der Waals surface area contributed by atoms with Crippen LogP contribution in [-0.4, -0.2) is 12.5 Å². The second-order valence-corrected chi connectivity index (χ2v) is 4.69. The highest BCUT2D eigenvalue weighted by atomic mass is 16.1. The summed E-state index contributed by atoms with van der Waals surface area (Å²) >= 11 is 0. The molecule has 2 aromatic carbocycles. The van der Waals surface area contributed by atoms with Gasteiger partial charge in [-0.25, -0.2) is 0 Å². The number of carbonyl (C=O) groups excluding carboxylic acids is 1. The summed E-state index contributed by atoms with van der Waals surface area (Å²) < 4.78 is 0. The van der Waals surface area contributed by atoms with Gasteiger partial charge >= 0.3 is 0 Å². The summed E-state index contributed by atoms with van der Waals surface area (Å²) in [6.45, 7) is 5.41. The van der Waals surface area contributed by atoms with Crippen LogP contribution in [0.25, 0.3) is 0 Å². The van der Waals surface area contributed by atoms with Gasteiger partial charge in [0.25, 0.3) is 5.91 Å². The van der Waals surface area contributed by atoms with Crippen LogP contribution in [0.5, 0.6) is 0 Å². The Morgan fingerprint density at radius 2 is 1.75 bits per heavy atom. The van der Waals surface area contributed by atoms with Gasteiger partial charge in [-0.3, -0.25) is 4.79 Å². The lowest BCUT2D eigenvalue weighted by atomic mass is 10.1. The molecule has 2 N–H and O–H groups in total. The van der Waals surface area contributed by atoms with E-state index in [-0.39, 0.29) is 5.91 Å². The van der Waals surface area contributed by atoms with E-state index in [2.05, 4.69) is 10.6 Å². The minimum atomic E-state index is -0.0511. The molecule has 3 nitrogen and oxygen atoms in total. The number of hydrogen-bond acceptors (Lipinski definition) is 2. The van der Waals surface area contributed by atoms with Crippen molar-refractivity contribution >= 4 is 11.6 Å². The largest absolute Gasteiger partial charge is 0.385 e. The van der Waals surface area contributed by atoms with E-state index in [0.29, 0.717) is 12.1 Å². The summed E-state index contributed by atoms with van der Waals surface area (Å²) in [4.78, 5) is 12.3. The molecule has 0 radical (unpaired) electrons. The Labute approximate surface area is 120 Å². The van der Waals surface area contributed by atoms with Gasteiger partial charge in [-0.1, -0.05) is 36.4 Å². The van der Waals surface area contributed by atoms with E-state index in [1.807, 2.05) is 62.4 Å². The summed E-state index contributed by atoms with van der Waals surface area (Å²) in [5, 5.41) is 6.18. The molecule has 2 rings (SSSR count). The Kier molecular flexibility index (Phi) is 4.77. The molecule has 20 heavy (non-hydrogen) atoms. The number of benzene rings is 2. The first-order valence-electron chi connectivity index (χ1n) is 6.88. The molecule has 0 bridgehead atoms. The maximum absolute atomic E-state index is 12.3. The molecule has 104 valence electrons. The van der Waals surface area contributed by atoms with Crippen LogP contribution in [0.3, 0.4) is 0 Å². The van der Waals surface area contributed by atoms with Crippen molar-refractivity contribution in [2.24, 2.45) is 0 Å². The number of hydrogen-bond donors (Lipinski definition) is 2. The average molecular weight is 268 g/mol. The van der Waals surface area contributed by atoms with Crippen LogP contribution in [-0.2, 0) is 6.54 Å². The standard InChI is InChI=1S/C17H20N2O/c1-3-18-16-11-7-6-10-15(16)17(20)19-12-14-9-5-4-8-13(14)2/h4-11,18H,3,12H2,1-2H3,(H,19,20). The van der Waals surface area contributed by atoms with Crippen LogP contribution >= 0.6 is 0 Å². The SMILES string of the molecule is CCNc1ccccc1C(=O)NCc1ccccc1C. The van der Waals surface area contributed by atoms with Gasteiger partial charge in [-0.15, -0.1) is 0 Å². The van der Waals surface area contributed by atoms with Crippen LogP contribution in [0, 0.1) is 6.92 Å². The third-order valence-corrected chi connectivity index (χ3v) is 3.24. The lowest BCUT2D eigenvalue weighted by molar-refractivity contribution is 0.0951. The molecule has 2 aromatic rings. The molecule has 0 spiro atoms. The monoisotopic (exact) mass is 268 g/mol. The van der Waals surface area contributed by atoms with Crippen molar-refractivity contribution < 1.29 is 4.79 Å². The molecule has 0 saturated heterocycles. The van der Waals surface area contributed by atoms with E-state index >= 15 is 0 Å². The van der Waals surface area contributed by atoms with Gasteiger partial charge in [0.1, 0.15) is 0 Å². The Bertz CT molecular complexity index is 593. The predicted molar refractivity (Wildman–Crippen MR) is 83.0 cm³/mol. The van der Waals surface area contributed by atoms with Gasteiger partial charge < -0.3 is 10.6 Å². The minimum absolute atomic E-state index is 0.0511. The van der Waals surface area contributed by atoms with Crippen LogP contribution in [0.2, 0.25) is 0 Å². The van der Waals surface area contributed by atoms with Crippen molar-refractivity contribution in [2.75, 3.05) is 11.9 Å². The lowest BCUT2D eigenvalue weighted by Crippen LogP contribution is -2.24. The summed E-state index contributed by atoms with van der Waals surface area (Å²) in [5.41, 5.74) is 3.88.